The van der Waals surface area contributed by atoms with Gasteiger partial charge in [0.2, 0.25) is 5.91 Å². The molecule has 3 aromatic rings. The van der Waals surface area contributed by atoms with E-state index in [1.54, 1.807) is 32.1 Å². The van der Waals surface area contributed by atoms with E-state index in [-0.39, 0.29) is 18.1 Å². The molecular formula is C36H40N4O3. The molecule has 3 rings (SSSR count). The SMILES string of the molecule is CCc1cccc(C(=C=O)NC(CCc2cccc(C(/C=C\C(C)=O)=NC)c2)=Nc2cc(CC(=O)N(C)C)ccc2C)c1. The van der Waals surface area contributed by atoms with Gasteiger partial charge in [0.25, 0.3) is 0 Å². The van der Waals surface area contributed by atoms with Crippen LogP contribution in [0, 0.1) is 6.92 Å². The van der Waals surface area contributed by atoms with Crippen LogP contribution in [-0.2, 0) is 33.6 Å². The smallest absolute Gasteiger partial charge is 0.226 e. The molecule has 0 heterocycles. The van der Waals surface area contributed by atoms with Gasteiger partial charge in [-0.3, -0.25) is 14.6 Å². The fourth-order valence-electron chi connectivity index (χ4n) is 4.40. The summed E-state index contributed by atoms with van der Waals surface area (Å²) >= 11 is 0. The van der Waals surface area contributed by atoms with Crippen molar-refractivity contribution in [3.05, 3.63) is 112 Å². The summed E-state index contributed by atoms with van der Waals surface area (Å²) in [4.78, 5) is 46.9. The number of hydrogen-bond donors (Lipinski definition) is 1. The van der Waals surface area contributed by atoms with Crippen molar-refractivity contribution in [3.63, 3.8) is 0 Å². The molecule has 0 spiro atoms. The highest BCUT2D eigenvalue weighted by Gasteiger charge is 2.12. The van der Waals surface area contributed by atoms with Gasteiger partial charge in [0.05, 0.1) is 17.8 Å². The van der Waals surface area contributed by atoms with Crippen LogP contribution < -0.4 is 5.32 Å². The van der Waals surface area contributed by atoms with Crippen molar-refractivity contribution in [2.75, 3.05) is 21.1 Å². The number of amides is 1. The number of nitrogens with zero attached hydrogens (tertiary/aromatic N) is 3. The van der Waals surface area contributed by atoms with E-state index < -0.39 is 0 Å². The van der Waals surface area contributed by atoms with Gasteiger partial charge < -0.3 is 10.2 Å². The van der Waals surface area contributed by atoms with Crippen LogP contribution in [0.25, 0.3) is 5.70 Å². The Morgan fingerprint density at radius 3 is 2.28 bits per heavy atom. The zero-order valence-corrected chi connectivity index (χ0v) is 25.9. The minimum Gasteiger partial charge on any atom is -0.349 e. The summed E-state index contributed by atoms with van der Waals surface area (Å²) in [5.41, 5.74) is 7.38. The Bertz CT molecular complexity index is 1610. The Morgan fingerprint density at radius 1 is 0.930 bits per heavy atom. The van der Waals surface area contributed by atoms with E-state index in [1.165, 1.54) is 13.0 Å². The monoisotopic (exact) mass is 576 g/mol. The van der Waals surface area contributed by atoms with E-state index in [9.17, 15) is 14.4 Å². The molecule has 7 heteroatoms. The average Bonchev–Trinajstić information content (AvgIpc) is 3.00. The normalized spacial score (nSPS) is 11.8. The third kappa shape index (κ3) is 9.87. The minimum atomic E-state index is -0.0433. The summed E-state index contributed by atoms with van der Waals surface area (Å²) in [5.74, 6) is 2.64. The summed E-state index contributed by atoms with van der Waals surface area (Å²) in [6.45, 7) is 5.55. The fourth-order valence-corrected chi connectivity index (χ4v) is 4.40. The largest absolute Gasteiger partial charge is 0.349 e. The highest BCUT2D eigenvalue weighted by molar-refractivity contribution is 6.11. The van der Waals surface area contributed by atoms with Crippen LogP contribution >= 0.6 is 0 Å². The van der Waals surface area contributed by atoms with Crippen LogP contribution in [0.1, 0.15) is 53.6 Å². The first-order chi connectivity index (χ1) is 20.6. The number of nitrogens with one attached hydrogen (secondary N) is 1. The molecule has 0 aliphatic rings. The van der Waals surface area contributed by atoms with Gasteiger partial charge in [-0.1, -0.05) is 55.5 Å². The molecule has 0 saturated heterocycles. The Morgan fingerprint density at radius 2 is 1.63 bits per heavy atom. The van der Waals surface area contributed by atoms with E-state index in [0.717, 1.165) is 45.5 Å². The van der Waals surface area contributed by atoms with Crippen molar-refractivity contribution in [2.24, 2.45) is 9.98 Å². The zero-order valence-electron chi connectivity index (χ0n) is 25.9. The average molecular weight is 577 g/mol. The summed E-state index contributed by atoms with van der Waals surface area (Å²) in [7, 11) is 5.18. The Kier molecular flexibility index (Phi) is 12.1. The molecule has 43 heavy (non-hydrogen) atoms. The van der Waals surface area contributed by atoms with Gasteiger partial charge in [-0.15, -0.1) is 0 Å². The molecule has 222 valence electrons. The van der Waals surface area contributed by atoms with Crippen LogP contribution in [0.15, 0.2) is 88.9 Å². The molecule has 0 radical (unpaired) electrons. The molecule has 1 N–H and O–H groups in total. The predicted molar refractivity (Wildman–Crippen MR) is 176 cm³/mol. The number of carbonyl (C=O) groups excluding carboxylic acids is 3. The van der Waals surface area contributed by atoms with Crippen molar-refractivity contribution in [1.29, 1.82) is 0 Å². The van der Waals surface area contributed by atoms with Gasteiger partial charge in [0, 0.05) is 33.1 Å². The molecule has 0 aliphatic carbocycles. The van der Waals surface area contributed by atoms with E-state index in [0.29, 0.717) is 30.1 Å². The van der Waals surface area contributed by atoms with E-state index in [4.69, 9.17) is 4.99 Å². The van der Waals surface area contributed by atoms with Crippen molar-refractivity contribution < 1.29 is 14.4 Å². The first-order valence-corrected chi connectivity index (χ1v) is 14.4. The highest BCUT2D eigenvalue weighted by atomic mass is 16.2. The maximum absolute atomic E-state index is 12.4. The Labute approximate surface area is 254 Å². The highest BCUT2D eigenvalue weighted by Crippen LogP contribution is 2.23. The number of aryl methyl sites for hydroxylation is 3. The van der Waals surface area contributed by atoms with Crippen LogP contribution in [0.4, 0.5) is 5.69 Å². The van der Waals surface area contributed by atoms with Crippen molar-refractivity contribution in [1.82, 2.24) is 10.2 Å². The second kappa shape index (κ2) is 15.9. The summed E-state index contributed by atoms with van der Waals surface area (Å²) in [6, 6.07) is 21.6. The van der Waals surface area contributed by atoms with Crippen LogP contribution in [-0.4, -0.2) is 55.2 Å². The number of aliphatic imine (C=N–C) groups is 2. The summed E-state index contributed by atoms with van der Waals surface area (Å²) < 4.78 is 0. The molecular weight excluding hydrogens is 536 g/mol. The molecule has 0 aliphatic heterocycles. The maximum atomic E-state index is 12.4. The standard InChI is InChI=1S/C36H40N4O3/c1-7-27-10-8-13-31(20-27)34(24-41)39-35(38-33-22-29(16-14-25(33)2)23-36(43)40(5)6)19-17-28-11-9-12-30(21-28)32(37-4)18-15-26(3)42/h8-16,18,20-22H,7,17,19,23H2,1-6H3,(H,38,39)/b18-15-,37-32?. The van der Waals surface area contributed by atoms with Crippen molar-refractivity contribution >= 4 is 40.6 Å². The second-order valence-electron chi connectivity index (χ2n) is 10.6. The maximum Gasteiger partial charge on any atom is 0.226 e. The number of ketones is 1. The lowest BCUT2D eigenvalue weighted by molar-refractivity contribution is -0.128. The minimum absolute atomic E-state index is 0.00660. The van der Waals surface area contributed by atoms with E-state index in [2.05, 4.69) is 23.2 Å². The lowest BCUT2D eigenvalue weighted by Crippen LogP contribution is -2.24. The predicted octanol–water partition coefficient (Wildman–Crippen LogP) is 5.88. The third-order valence-electron chi connectivity index (χ3n) is 6.97. The number of carbonyl (C=O) groups is 2. The molecule has 0 saturated carbocycles. The quantitative estimate of drug-likeness (QED) is 0.126. The zero-order chi connectivity index (χ0) is 31.4. The summed E-state index contributed by atoms with van der Waals surface area (Å²) in [6.07, 6.45) is 5.48. The molecule has 0 unspecified atom stereocenters. The second-order valence-corrected chi connectivity index (χ2v) is 10.6. The number of benzene rings is 3. The number of rotatable bonds is 12. The van der Waals surface area contributed by atoms with Crippen molar-refractivity contribution in [3.8, 4) is 0 Å². The number of likely N-dealkylation sites (N-methyl/N-ethyl adjacent to an activating group) is 1. The number of allylic oxidation sites excluding steroid dienone is 2. The molecule has 0 atom stereocenters. The van der Waals surface area contributed by atoms with Gasteiger partial charge in [-0.25, -0.2) is 9.79 Å². The molecule has 0 fully saturated rings. The topological polar surface area (TPSA) is 91.2 Å². The van der Waals surface area contributed by atoms with Crippen molar-refractivity contribution in [2.45, 2.75) is 46.5 Å². The molecule has 3 aromatic carbocycles. The summed E-state index contributed by atoms with van der Waals surface area (Å²) in [5, 5.41) is 3.27. The fraction of sp³-hybridized carbons (Fsp3) is 0.278. The van der Waals surface area contributed by atoms with Crippen LogP contribution in [0.3, 0.4) is 0 Å². The molecule has 1 amide bonds. The van der Waals surface area contributed by atoms with Crippen LogP contribution in [0.5, 0.6) is 0 Å². The molecule has 7 nitrogen and oxygen atoms in total. The van der Waals surface area contributed by atoms with Gasteiger partial charge in [-0.2, -0.15) is 0 Å². The van der Waals surface area contributed by atoms with Crippen LogP contribution in [0.2, 0.25) is 0 Å². The first kappa shape index (κ1) is 32.6. The third-order valence-corrected chi connectivity index (χ3v) is 6.97. The number of amidine groups is 1. The van der Waals surface area contributed by atoms with Gasteiger partial charge in [0.1, 0.15) is 11.5 Å². The molecule has 0 aromatic heterocycles. The first-order valence-electron chi connectivity index (χ1n) is 14.4. The van der Waals surface area contributed by atoms with Gasteiger partial charge >= 0.3 is 0 Å². The Hall–Kier alpha value is -4.87. The Balaban J connectivity index is 1.98. The van der Waals surface area contributed by atoms with Gasteiger partial charge in [-0.05, 0) is 84.9 Å². The van der Waals surface area contributed by atoms with Gasteiger partial charge in [0.15, 0.2) is 11.7 Å². The number of hydrogen-bond acceptors (Lipinski definition) is 5. The lowest BCUT2D eigenvalue weighted by atomic mass is 10.0. The molecule has 0 bridgehead atoms. The van der Waals surface area contributed by atoms with E-state index >= 15 is 0 Å². The lowest BCUT2D eigenvalue weighted by Gasteiger charge is -2.14. The van der Waals surface area contributed by atoms with E-state index in [1.807, 2.05) is 73.7 Å².